The number of carbonyl (C=O) groups excluding carboxylic acids is 1. The molecule has 2 N–H and O–H groups in total. The SMILES string of the molecule is CCN[C@H](C)CNC(=O)COc1ccc(Cl)c(C)c1. The van der Waals surface area contributed by atoms with Gasteiger partial charge in [-0.1, -0.05) is 18.5 Å². The van der Waals surface area contributed by atoms with Gasteiger partial charge >= 0.3 is 0 Å². The highest BCUT2D eigenvalue weighted by Gasteiger charge is 2.06. The van der Waals surface area contributed by atoms with Gasteiger partial charge in [0, 0.05) is 17.6 Å². The minimum absolute atomic E-state index is 0.0138. The second-order valence-corrected chi connectivity index (χ2v) is 4.87. The summed E-state index contributed by atoms with van der Waals surface area (Å²) in [6.07, 6.45) is 0. The number of amides is 1. The van der Waals surface area contributed by atoms with E-state index in [-0.39, 0.29) is 18.6 Å². The summed E-state index contributed by atoms with van der Waals surface area (Å²) in [4.78, 5) is 11.6. The Kier molecular flexibility index (Phi) is 6.67. The number of hydrogen-bond donors (Lipinski definition) is 2. The van der Waals surface area contributed by atoms with E-state index in [0.717, 1.165) is 12.1 Å². The number of hydrogen-bond acceptors (Lipinski definition) is 3. The molecule has 106 valence electrons. The van der Waals surface area contributed by atoms with E-state index in [1.165, 1.54) is 0 Å². The summed E-state index contributed by atoms with van der Waals surface area (Å²) >= 11 is 5.92. The van der Waals surface area contributed by atoms with E-state index in [2.05, 4.69) is 10.6 Å². The van der Waals surface area contributed by atoms with Crippen molar-refractivity contribution in [1.82, 2.24) is 10.6 Å². The molecule has 1 amide bonds. The molecule has 0 aliphatic carbocycles. The van der Waals surface area contributed by atoms with Gasteiger partial charge in [-0.2, -0.15) is 0 Å². The lowest BCUT2D eigenvalue weighted by molar-refractivity contribution is -0.123. The van der Waals surface area contributed by atoms with Crippen LogP contribution in [0.25, 0.3) is 0 Å². The molecular weight excluding hydrogens is 264 g/mol. The fraction of sp³-hybridized carbons (Fsp3) is 0.500. The monoisotopic (exact) mass is 284 g/mol. The van der Waals surface area contributed by atoms with Gasteiger partial charge in [-0.25, -0.2) is 0 Å². The highest BCUT2D eigenvalue weighted by atomic mass is 35.5. The summed E-state index contributed by atoms with van der Waals surface area (Å²) in [5.41, 5.74) is 0.931. The molecule has 1 rings (SSSR count). The number of aryl methyl sites for hydroxylation is 1. The van der Waals surface area contributed by atoms with Crippen molar-refractivity contribution in [2.24, 2.45) is 0 Å². The lowest BCUT2D eigenvalue weighted by Crippen LogP contribution is -2.40. The highest BCUT2D eigenvalue weighted by Crippen LogP contribution is 2.20. The minimum atomic E-state index is -0.127. The molecule has 0 saturated heterocycles. The van der Waals surface area contributed by atoms with Crippen LogP contribution in [0.5, 0.6) is 5.75 Å². The predicted molar refractivity (Wildman–Crippen MR) is 77.8 cm³/mol. The molecule has 0 saturated carbocycles. The van der Waals surface area contributed by atoms with Crippen molar-refractivity contribution in [3.63, 3.8) is 0 Å². The van der Waals surface area contributed by atoms with Gasteiger partial charge in [0.1, 0.15) is 5.75 Å². The lowest BCUT2D eigenvalue weighted by atomic mass is 10.2. The number of nitrogens with one attached hydrogen (secondary N) is 2. The molecule has 5 heteroatoms. The van der Waals surface area contributed by atoms with Crippen molar-refractivity contribution < 1.29 is 9.53 Å². The fourth-order valence-corrected chi connectivity index (χ4v) is 1.71. The van der Waals surface area contributed by atoms with Crippen LogP contribution >= 0.6 is 11.6 Å². The van der Waals surface area contributed by atoms with Crippen molar-refractivity contribution in [2.45, 2.75) is 26.8 Å². The van der Waals surface area contributed by atoms with Crippen LogP contribution in [0.2, 0.25) is 5.02 Å². The Labute approximate surface area is 119 Å². The summed E-state index contributed by atoms with van der Waals surface area (Å²) in [6.45, 7) is 7.44. The molecule has 0 aliphatic heterocycles. The standard InChI is InChI=1S/C14H21ClN2O2/c1-4-16-11(3)8-17-14(18)9-19-12-5-6-13(15)10(2)7-12/h5-7,11,16H,4,8-9H2,1-3H3,(H,17,18)/t11-/m1/s1. The molecule has 19 heavy (non-hydrogen) atoms. The van der Waals surface area contributed by atoms with Gasteiger partial charge in [0.15, 0.2) is 6.61 Å². The number of carbonyl (C=O) groups is 1. The van der Waals surface area contributed by atoms with Crippen molar-refractivity contribution in [3.05, 3.63) is 28.8 Å². The third-order valence-electron chi connectivity index (χ3n) is 2.66. The van der Waals surface area contributed by atoms with E-state index in [0.29, 0.717) is 17.3 Å². The zero-order valence-electron chi connectivity index (χ0n) is 11.6. The third kappa shape index (κ3) is 5.94. The van der Waals surface area contributed by atoms with E-state index in [4.69, 9.17) is 16.3 Å². The number of halogens is 1. The molecule has 1 aromatic carbocycles. The van der Waals surface area contributed by atoms with Crippen LogP contribution in [0.4, 0.5) is 0 Å². The van der Waals surface area contributed by atoms with Gasteiger partial charge in [0.05, 0.1) is 0 Å². The number of likely N-dealkylation sites (N-methyl/N-ethyl adjacent to an activating group) is 1. The number of ether oxygens (including phenoxy) is 1. The van der Waals surface area contributed by atoms with Crippen LogP contribution in [-0.2, 0) is 4.79 Å². The van der Waals surface area contributed by atoms with Crippen molar-refractivity contribution in [2.75, 3.05) is 19.7 Å². The quantitative estimate of drug-likeness (QED) is 0.807. The van der Waals surface area contributed by atoms with Crippen LogP contribution < -0.4 is 15.4 Å². The Balaban J connectivity index is 2.31. The van der Waals surface area contributed by atoms with Crippen molar-refractivity contribution in [3.8, 4) is 5.75 Å². The van der Waals surface area contributed by atoms with Crippen LogP contribution in [0.3, 0.4) is 0 Å². The average molecular weight is 285 g/mol. The smallest absolute Gasteiger partial charge is 0.257 e. The predicted octanol–water partition coefficient (Wildman–Crippen LogP) is 2.14. The zero-order chi connectivity index (χ0) is 14.3. The van der Waals surface area contributed by atoms with E-state index in [1.807, 2.05) is 26.8 Å². The first-order valence-electron chi connectivity index (χ1n) is 6.42. The molecule has 0 bridgehead atoms. The van der Waals surface area contributed by atoms with Gasteiger partial charge in [-0.3, -0.25) is 4.79 Å². The van der Waals surface area contributed by atoms with Gasteiger partial charge < -0.3 is 15.4 Å². The summed E-state index contributed by atoms with van der Waals surface area (Å²) in [6, 6.07) is 5.59. The van der Waals surface area contributed by atoms with Crippen LogP contribution in [0.1, 0.15) is 19.4 Å². The third-order valence-corrected chi connectivity index (χ3v) is 3.08. The topological polar surface area (TPSA) is 50.4 Å². The molecule has 0 aromatic heterocycles. The Morgan fingerprint density at radius 2 is 2.21 bits per heavy atom. The molecule has 4 nitrogen and oxygen atoms in total. The maximum atomic E-state index is 11.6. The average Bonchev–Trinajstić information content (AvgIpc) is 2.38. The largest absolute Gasteiger partial charge is 0.484 e. The molecule has 1 aromatic rings. The molecule has 0 unspecified atom stereocenters. The van der Waals surface area contributed by atoms with Crippen molar-refractivity contribution >= 4 is 17.5 Å². The highest BCUT2D eigenvalue weighted by molar-refractivity contribution is 6.31. The summed E-state index contributed by atoms with van der Waals surface area (Å²) in [7, 11) is 0. The zero-order valence-corrected chi connectivity index (χ0v) is 12.4. The van der Waals surface area contributed by atoms with E-state index in [9.17, 15) is 4.79 Å². The van der Waals surface area contributed by atoms with Crippen LogP contribution in [0, 0.1) is 6.92 Å². The Bertz CT molecular complexity index is 424. The second kappa shape index (κ2) is 8.02. The molecule has 0 radical (unpaired) electrons. The second-order valence-electron chi connectivity index (χ2n) is 4.46. The first-order chi connectivity index (χ1) is 9.02. The molecule has 0 aliphatic rings. The normalized spacial score (nSPS) is 12.0. The molecular formula is C14H21ClN2O2. The van der Waals surface area contributed by atoms with Crippen LogP contribution in [-0.4, -0.2) is 31.6 Å². The summed E-state index contributed by atoms with van der Waals surface area (Å²) in [5, 5.41) is 6.72. The lowest BCUT2D eigenvalue weighted by Gasteiger charge is -2.13. The minimum Gasteiger partial charge on any atom is -0.484 e. The van der Waals surface area contributed by atoms with E-state index < -0.39 is 0 Å². The van der Waals surface area contributed by atoms with Crippen LogP contribution in [0.15, 0.2) is 18.2 Å². The van der Waals surface area contributed by atoms with Gasteiger partial charge in [-0.15, -0.1) is 0 Å². The maximum absolute atomic E-state index is 11.6. The Hall–Kier alpha value is -1.26. The molecule has 0 spiro atoms. The Morgan fingerprint density at radius 1 is 1.47 bits per heavy atom. The van der Waals surface area contributed by atoms with E-state index in [1.54, 1.807) is 12.1 Å². The number of benzene rings is 1. The summed E-state index contributed by atoms with van der Waals surface area (Å²) in [5.74, 6) is 0.522. The van der Waals surface area contributed by atoms with Gasteiger partial charge in [0.25, 0.3) is 5.91 Å². The fourth-order valence-electron chi connectivity index (χ4n) is 1.59. The molecule has 0 fully saturated rings. The maximum Gasteiger partial charge on any atom is 0.257 e. The first kappa shape index (κ1) is 15.8. The Morgan fingerprint density at radius 3 is 2.84 bits per heavy atom. The summed E-state index contributed by atoms with van der Waals surface area (Å²) < 4.78 is 5.40. The van der Waals surface area contributed by atoms with Gasteiger partial charge in [-0.05, 0) is 44.2 Å². The van der Waals surface area contributed by atoms with Gasteiger partial charge in [0.2, 0.25) is 0 Å². The molecule has 1 atom stereocenters. The molecule has 0 heterocycles. The van der Waals surface area contributed by atoms with E-state index >= 15 is 0 Å². The van der Waals surface area contributed by atoms with Crippen molar-refractivity contribution in [1.29, 1.82) is 0 Å². The first-order valence-corrected chi connectivity index (χ1v) is 6.79. The number of rotatable bonds is 7.